The van der Waals surface area contributed by atoms with Gasteiger partial charge in [-0.2, -0.15) is 0 Å². The molecule has 0 radical (unpaired) electrons. The maximum absolute atomic E-state index is 12.8. The van der Waals surface area contributed by atoms with Crippen LogP contribution in [0, 0.1) is 5.82 Å². The van der Waals surface area contributed by atoms with E-state index in [9.17, 15) is 9.18 Å². The molecule has 0 aliphatic carbocycles. The van der Waals surface area contributed by atoms with Crippen LogP contribution in [0.25, 0.3) is 11.1 Å². The molecule has 0 atom stereocenters. The Kier molecular flexibility index (Phi) is 3.23. The van der Waals surface area contributed by atoms with Crippen molar-refractivity contribution in [2.75, 3.05) is 6.61 Å². The van der Waals surface area contributed by atoms with E-state index in [1.54, 1.807) is 31.3 Å². The molecule has 0 aliphatic heterocycles. The third kappa shape index (κ3) is 2.53. The molecule has 1 N–H and O–H groups in total. The Labute approximate surface area is 98.2 Å². The number of nitrogens with one attached hydrogen (secondary N) is 1. The van der Waals surface area contributed by atoms with Gasteiger partial charge in [0.1, 0.15) is 11.5 Å². The fourth-order valence-electron chi connectivity index (χ4n) is 1.53. The van der Waals surface area contributed by atoms with Gasteiger partial charge in [-0.3, -0.25) is 0 Å². The number of ether oxygens (including phenoxy) is 1. The van der Waals surface area contributed by atoms with Crippen LogP contribution in [0.1, 0.15) is 17.4 Å². The average Bonchev–Trinajstić information content (AvgIpc) is 2.80. The minimum absolute atomic E-state index is 0.282. The van der Waals surface area contributed by atoms with Crippen LogP contribution in [0.15, 0.2) is 36.5 Å². The number of hydrogen-bond acceptors (Lipinski definition) is 2. The summed E-state index contributed by atoms with van der Waals surface area (Å²) in [4.78, 5) is 14.3. The van der Waals surface area contributed by atoms with E-state index in [2.05, 4.69) is 4.98 Å². The summed E-state index contributed by atoms with van der Waals surface area (Å²) in [6.45, 7) is 2.09. The molecule has 0 fully saturated rings. The van der Waals surface area contributed by atoms with Gasteiger partial charge in [0.2, 0.25) is 0 Å². The standard InChI is InChI=1S/C13H12FNO2/c1-2-17-13(16)12-7-10(8-15-12)9-3-5-11(14)6-4-9/h3-8,15H,2H2,1H3. The first-order valence-corrected chi connectivity index (χ1v) is 5.32. The molecule has 0 saturated heterocycles. The van der Waals surface area contributed by atoms with Crippen molar-refractivity contribution < 1.29 is 13.9 Å². The summed E-state index contributed by atoms with van der Waals surface area (Å²) < 4.78 is 17.6. The van der Waals surface area contributed by atoms with Gasteiger partial charge in [-0.25, -0.2) is 9.18 Å². The normalized spacial score (nSPS) is 10.2. The molecule has 17 heavy (non-hydrogen) atoms. The zero-order valence-corrected chi connectivity index (χ0v) is 9.37. The first kappa shape index (κ1) is 11.4. The number of halogens is 1. The Morgan fingerprint density at radius 2 is 2.00 bits per heavy atom. The zero-order valence-electron chi connectivity index (χ0n) is 9.37. The molecule has 3 nitrogen and oxygen atoms in total. The van der Waals surface area contributed by atoms with E-state index in [0.717, 1.165) is 11.1 Å². The third-order valence-corrected chi connectivity index (χ3v) is 2.36. The first-order valence-electron chi connectivity index (χ1n) is 5.32. The number of hydrogen-bond donors (Lipinski definition) is 1. The lowest BCUT2D eigenvalue weighted by Crippen LogP contribution is -2.04. The van der Waals surface area contributed by atoms with Crippen LogP contribution < -0.4 is 0 Å². The van der Waals surface area contributed by atoms with Gasteiger partial charge in [-0.15, -0.1) is 0 Å². The van der Waals surface area contributed by atoms with Crippen LogP contribution in [-0.4, -0.2) is 17.6 Å². The van der Waals surface area contributed by atoms with E-state index < -0.39 is 0 Å². The second-order valence-electron chi connectivity index (χ2n) is 3.53. The summed E-state index contributed by atoms with van der Waals surface area (Å²) in [7, 11) is 0. The van der Waals surface area contributed by atoms with E-state index in [1.807, 2.05) is 0 Å². The van der Waals surface area contributed by atoms with Crippen molar-refractivity contribution in [3.05, 3.63) is 48.0 Å². The Balaban J connectivity index is 2.23. The van der Waals surface area contributed by atoms with Gasteiger partial charge in [-0.1, -0.05) is 12.1 Å². The number of carbonyl (C=O) groups excluding carboxylic acids is 1. The summed E-state index contributed by atoms with van der Waals surface area (Å²) in [5.74, 6) is -0.671. The molecule has 4 heteroatoms. The molecule has 1 aromatic heterocycles. The van der Waals surface area contributed by atoms with Crippen molar-refractivity contribution in [3.8, 4) is 11.1 Å². The quantitative estimate of drug-likeness (QED) is 0.828. The highest BCUT2D eigenvalue weighted by Crippen LogP contribution is 2.20. The second-order valence-corrected chi connectivity index (χ2v) is 3.53. The largest absolute Gasteiger partial charge is 0.461 e. The maximum atomic E-state index is 12.8. The molecule has 1 heterocycles. The van der Waals surface area contributed by atoms with E-state index in [-0.39, 0.29) is 11.8 Å². The van der Waals surface area contributed by atoms with Gasteiger partial charge in [0, 0.05) is 6.20 Å². The highest BCUT2D eigenvalue weighted by Gasteiger charge is 2.09. The average molecular weight is 233 g/mol. The van der Waals surface area contributed by atoms with E-state index in [0.29, 0.717) is 12.3 Å². The fraction of sp³-hybridized carbons (Fsp3) is 0.154. The smallest absolute Gasteiger partial charge is 0.354 e. The molecular formula is C13H12FNO2. The predicted molar refractivity (Wildman–Crippen MR) is 62.1 cm³/mol. The highest BCUT2D eigenvalue weighted by atomic mass is 19.1. The lowest BCUT2D eigenvalue weighted by atomic mass is 10.1. The maximum Gasteiger partial charge on any atom is 0.354 e. The summed E-state index contributed by atoms with van der Waals surface area (Å²) in [5, 5.41) is 0. The van der Waals surface area contributed by atoms with E-state index in [4.69, 9.17) is 4.74 Å². The molecule has 0 unspecified atom stereocenters. The molecular weight excluding hydrogens is 221 g/mol. The summed E-state index contributed by atoms with van der Waals surface area (Å²) in [5.41, 5.74) is 2.07. The van der Waals surface area contributed by atoms with Gasteiger partial charge in [-0.05, 0) is 36.2 Å². The van der Waals surface area contributed by atoms with Crippen LogP contribution >= 0.6 is 0 Å². The molecule has 0 spiro atoms. The van der Waals surface area contributed by atoms with Gasteiger partial charge in [0.25, 0.3) is 0 Å². The number of esters is 1. The van der Waals surface area contributed by atoms with E-state index >= 15 is 0 Å². The second kappa shape index (κ2) is 4.82. The lowest BCUT2D eigenvalue weighted by molar-refractivity contribution is 0.0520. The van der Waals surface area contributed by atoms with Crippen molar-refractivity contribution in [2.45, 2.75) is 6.92 Å². The number of aromatic nitrogens is 1. The third-order valence-electron chi connectivity index (χ3n) is 2.36. The molecule has 0 amide bonds. The van der Waals surface area contributed by atoms with Crippen LogP contribution in [0.3, 0.4) is 0 Å². The fourth-order valence-corrected chi connectivity index (χ4v) is 1.53. The minimum Gasteiger partial charge on any atom is -0.461 e. The number of benzene rings is 1. The zero-order chi connectivity index (χ0) is 12.3. The molecule has 1 aromatic carbocycles. The number of carbonyl (C=O) groups is 1. The molecule has 2 aromatic rings. The summed E-state index contributed by atoms with van der Waals surface area (Å²) >= 11 is 0. The Morgan fingerprint density at radius 1 is 1.29 bits per heavy atom. The van der Waals surface area contributed by atoms with Crippen molar-refractivity contribution in [3.63, 3.8) is 0 Å². The van der Waals surface area contributed by atoms with Crippen molar-refractivity contribution in [2.24, 2.45) is 0 Å². The minimum atomic E-state index is -0.388. The van der Waals surface area contributed by atoms with Crippen LogP contribution in [0.2, 0.25) is 0 Å². The van der Waals surface area contributed by atoms with Crippen molar-refractivity contribution >= 4 is 5.97 Å². The number of H-pyrrole nitrogens is 1. The first-order chi connectivity index (χ1) is 8.20. The van der Waals surface area contributed by atoms with Crippen molar-refractivity contribution in [1.82, 2.24) is 4.98 Å². The highest BCUT2D eigenvalue weighted by molar-refractivity contribution is 5.89. The van der Waals surface area contributed by atoms with Gasteiger partial charge in [0.15, 0.2) is 0 Å². The molecule has 2 rings (SSSR count). The van der Waals surface area contributed by atoms with Gasteiger partial charge in [0.05, 0.1) is 6.61 Å². The topological polar surface area (TPSA) is 42.1 Å². The molecule has 0 aliphatic rings. The van der Waals surface area contributed by atoms with Crippen molar-refractivity contribution in [1.29, 1.82) is 0 Å². The van der Waals surface area contributed by atoms with Crippen LogP contribution in [0.5, 0.6) is 0 Å². The molecule has 0 bridgehead atoms. The Hall–Kier alpha value is -2.10. The Bertz CT molecular complexity index is 516. The Morgan fingerprint density at radius 3 is 2.65 bits per heavy atom. The summed E-state index contributed by atoms with van der Waals surface area (Å²) in [6.07, 6.45) is 1.69. The molecule has 88 valence electrons. The number of rotatable bonds is 3. The monoisotopic (exact) mass is 233 g/mol. The van der Waals surface area contributed by atoms with Crippen LogP contribution in [0.4, 0.5) is 4.39 Å². The van der Waals surface area contributed by atoms with Gasteiger partial charge < -0.3 is 9.72 Å². The molecule has 0 saturated carbocycles. The van der Waals surface area contributed by atoms with Crippen LogP contribution in [-0.2, 0) is 4.74 Å². The number of aromatic amines is 1. The predicted octanol–water partition coefficient (Wildman–Crippen LogP) is 3.00. The van der Waals surface area contributed by atoms with Gasteiger partial charge >= 0.3 is 5.97 Å². The van der Waals surface area contributed by atoms with E-state index in [1.165, 1.54) is 12.1 Å². The SMILES string of the molecule is CCOC(=O)c1cc(-c2ccc(F)cc2)c[nH]1. The summed E-state index contributed by atoms with van der Waals surface area (Å²) in [6, 6.07) is 7.77. The lowest BCUT2D eigenvalue weighted by Gasteiger charge is -1.97.